The van der Waals surface area contributed by atoms with E-state index in [1.54, 1.807) is 14.0 Å². The van der Waals surface area contributed by atoms with Gasteiger partial charge in [0.15, 0.2) is 5.78 Å². The average molecular weight is 266 g/mol. The molecule has 0 aromatic heterocycles. The van der Waals surface area contributed by atoms with Gasteiger partial charge in [0.05, 0.1) is 0 Å². The Kier molecular flexibility index (Phi) is 4.85. The van der Waals surface area contributed by atoms with Gasteiger partial charge in [-0.2, -0.15) is 0 Å². The highest BCUT2D eigenvalue weighted by Crippen LogP contribution is 2.20. The van der Waals surface area contributed by atoms with Crippen LogP contribution in [0.3, 0.4) is 0 Å². The topological polar surface area (TPSA) is 26.3 Å². The maximum absolute atomic E-state index is 11.6. The Balaban J connectivity index is 2.26. The van der Waals surface area contributed by atoms with E-state index < -0.39 is 0 Å². The molecule has 0 spiro atoms. The molecule has 102 valence electrons. The molecular formula is C18H18O2. The van der Waals surface area contributed by atoms with Crippen molar-refractivity contribution in [3.05, 3.63) is 77.4 Å². The molecule has 2 aromatic rings. The second-order valence-electron chi connectivity index (χ2n) is 4.57. The van der Waals surface area contributed by atoms with Gasteiger partial charge >= 0.3 is 0 Å². The lowest BCUT2D eigenvalue weighted by molar-refractivity contribution is 0.101. The zero-order valence-corrected chi connectivity index (χ0v) is 11.7. The van der Waals surface area contributed by atoms with Crippen molar-refractivity contribution in [3.8, 4) is 0 Å². The number of hydrogen-bond donors (Lipinski definition) is 0. The van der Waals surface area contributed by atoms with Crippen molar-refractivity contribution in [2.24, 2.45) is 0 Å². The van der Waals surface area contributed by atoms with E-state index in [2.05, 4.69) is 0 Å². The van der Waals surface area contributed by atoms with E-state index in [0.717, 1.165) is 16.7 Å². The summed E-state index contributed by atoms with van der Waals surface area (Å²) in [7, 11) is 1.68. The van der Waals surface area contributed by atoms with E-state index in [1.807, 2.05) is 66.7 Å². The van der Waals surface area contributed by atoms with Gasteiger partial charge in [-0.3, -0.25) is 4.79 Å². The van der Waals surface area contributed by atoms with Gasteiger partial charge in [-0.15, -0.1) is 0 Å². The standard InChI is InChI=1S/C18H18O2/c1-14(19)17-11-7-6-8-15(17)12-13-18(20-2)16-9-4-3-5-10-16/h3-13,18H,1-2H3/b13-12+. The molecular weight excluding hydrogens is 248 g/mol. The van der Waals surface area contributed by atoms with Gasteiger partial charge in [0.2, 0.25) is 0 Å². The SMILES string of the molecule is COC(/C=C/c1ccccc1C(C)=O)c1ccccc1. The summed E-state index contributed by atoms with van der Waals surface area (Å²) in [5.74, 6) is 0.0685. The normalized spacial score (nSPS) is 12.5. The maximum atomic E-state index is 11.6. The third kappa shape index (κ3) is 3.43. The molecule has 0 N–H and O–H groups in total. The first-order valence-electron chi connectivity index (χ1n) is 6.58. The number of ether oxygens (including phenoxy) is 1. The van der Waals surface area contributed by atoms with Gasteiger partial charge in [-0.1, -0.05) is 66.7 Å². The molecule has 1 unspecified atom stereocenters. The Morgan fingerprint density at radius 2 is 1.70 bits per heavy atom. The van der Waals surface area contributed by atoms with Crippen molar-refractivity contribution in [1.82, 2.24) is 0 Å². The van der Waals surface area contributed by atoms with Crippen molar-refractivity contribution in [2.75, 3.05) is 7.11 Å². The van der Waals surface area contributed by atoms with Crippen molar-refractivity contribution in [3.63, 3.8) is 0 Å². The van der Waals surface area contributed by atoms with E-state index in [-0.39, 0.29) is 11.9 Å². The summed E-state index contributed by atoms with van der Waals surface area (Å²) in [5, 5.41) is 0. The second-order valence-corrected chi connectivity index (χ2v) is 4.57. The van der Waals surface area contributed by atoms with E-state index >= 15 is 0 Å². The molecule has 1 atom stereocenters. The Bertz CT molecular complexity index is 600. The van der Waals surface area contributed by atoms with Gasteiger partial charge in [-0.25, -0.2) is 0 Å². The molecule has 0 saturated carbocycles. The number of rotatable bonds is 5. The van der Waals surface area contributed by atoms with Crippen LogP contribution in [0.25, 0.3) is 6.08 Å². The quantitative estimate of drug-likeness (QED) is 0.755. The third-order valence-electron chi connectivity index (χ3n) is 3.17. The first kappa shape index (κ1) is 14.2. The predicted molar refractivity (Wildman–Crippen MR) is 81.7 cm³/mol. The van der Waals surface area contributed by atoms with Crippen LogP contribution in [-0.4, -0.2) is 12.9 Å². The minimum atomic E-state index is -0.115. The molecule has 20 heavy (non-hydrogen) atoms. The van der Waals surface area contributed by atoms with Crippen LogP contribution in [0.5, 0.6) is 0 Å². The lowest BCUT2D eigenvalue weighted by atomic mass is 10.0. The van der Waals surface area contributed by atoms with Crippen molar-refractivity contribution < 1.29 is 9.53 Å². The molecule has 0 bridgehead atoms. The molecule has 0 saturated heterocycles. The van der Waals surface area contributed by atoms with Gasteiger partial charge in [0.25, 0.3) is 0 Å². The van der Waals surface area contributed by atoms with E-state index in [4.69, 9.17) is 4.74 Å². The highest BCUT2D eigenvalue weighted by molar-refractivity contribution is 5.97. The zero-order chi connectivity index (χ0) is 14.4. The Morgan fingerprint density at radius 3 is 2.35 bits per heavy atom. The lowest BCUT2D eigenvalue weighted by Crippen LogP contribution is -1.98. The Hall–Kier alpha value is -2.19. The molecule has 0 aliphatic heterocycles. The van der Waals surface area contributed by atoms with E-state index in [0.29, 0.717) is 0 Å². The van der Waals surface area contributed by atoms with E-state index in [9.17, 15) is 4.79 Å². The molecule has 2 rings (SSSR count). The van der Waals surface area contributed by atoms with E-state index in [1.165, 1.54) is 0 Å². The minimum Gasteiger partial charge on any atom is -0.373 e. The van der Waals surface area contributed by atoms with Crippen molar-refractivity contribution in [2.45, 2.75) is 13.0 Å². The average Bonchev–Trinajstić information content (AvgIpc) is 2.49. The molecule has 0 aliphatic rings. The summed E-state index contributed by atoms with van der Waals surface area (Å²) in [4.78, 5) is 11.6. The Morgan fingerprint density at radius 1 is 1.05 bits per heavy atom. The molecule has 0 fully saturated rings. The van der Waals surface area contributed by atoms with Gasteiger partial charge in [0.1, 0.15) is 6.10 Å². The smallest absolute Gasteiger partial charge is 0.160 e. The maximum Gasteiger partial charge on any atom is 0.160 e. The first-order valence-corrected chi connectivity index (χ1v) is 6.58. The summed E-state index contributed by atoms with van der Waals surface area (Å²) in [6.07, 6.45) is 3.80. The number of hydrogen-bond acceptors (Lipinski definition) is 2. The van der Waals surface area contributed by atoms with Crippen LogP contribution in [0.1, 0.15) is 34.5 Å². The molecule has 2 nitrogen and oxygen atoms in total. The first-order chi connectivity index (χ1) is 9.72. The zero-order valence-electron chi connectivity index (χ0n) is 11.7. The van der Waals surface area contributed by atoms with Gasteiger partial charge in [0, 0.05) is 12.7 Å². The third-order valence-corrected chi connectivity index (χ3v) is 3.17. The number of carbonyl (C=O) groups excluding carboxylic acids is 1. The molecule has 0 amide bonds. The molecule has 0 radical (unpaired) electrons. The predicted octanol–water partition coefficient (Wildman–Crippen LogP) is 4.29. The number of carbonyl (C=O) groups is 1. The minimum absolute atomic E-state index is 0.0685. The molecule has 2 heteroatoms. The summed E-state index contributed by atoms with van der Waals surface area (Å²) < 4.78 is 5.49. The van der Waals surface area contributed by atoms with Crippen LogP contribution in [0.4, 0.5) is 0 Å². The van der Waals surface area contributed by atoms with Crippen molar-refractivity contribution in [1.29, 1.82) is 0 Å². The molecule has 2 aromatic carbocycles. The monoisotopic (exact) mass is 266 g/mol. The fourth-order valence-corrected chi connectivity index (χ4v) is 2.12. The van der Waals surface area contributed by atoms with Gasteiger partial charge in [-0.05, 0) is 18.1 Å². The van der Waals surface area contributed by atoms with Crippen LogP contribution in [0.2, 0.25) is 0 Å². The highest BCUT2D eigenvalue weighted by atomic mass is 16.5. The number of methoxy groups -OCH3 is 1. The molecule has 0 heterocycles. The fraction of sp³-hybridized carbons (Fsp3) is 0.167. The lowest BCUT2D eigenvalue weighted by Gasteiger charge is -2.11. The number of ketones is 1. The second kappa shape index (κ2) is 6.83. The van der Waals surface area contributed by atoms with Crippen LogP contribution >= 0.6 is 0 Å². The van der Waals surface area contributed by atoms with Crippen LogP contribution in [0.15, 0.2) is 60.7 Å². The fourth-order valence-electron chi connectivity index (χ4n) is 2.12. The summed E-state index contributed by atoms with van der Waals surface area (Å²) in [6, 6.07) is 17.6. The van der Waals surface area contributed by atoms with Gasteiger partial charge < -0.3 is 4.74 Å². The largest absolute Gasteiger partial charge is 0.373 e. The summed E-state index contributed by atoms with van der Waals surface area (Å²) >= 11 is 0. The molecule has 0 aliphatic carbocycles. The van der Waals surface area contributed by atoms with Crippen LogP contribution in [0, 0.1) is 0 Å². The van der Waals surface area contributed by atoms with Crippen LogP contribution in [-0.2, 0) is 4.74 Å². The number of benzene rings is 2. The summed E-state index contributed by atoms with van der Waals surface area (Å²) in [6.45, 7) is 1.58. The summed E-state index contributed by atoms with van der Waals surface area (Å²) in [5.41, 5.74) is 2.73. The van der Waals surface area contributed by atoms with Crippen LogP contribution < -0.4 is 0 Å². The number of Topliss-reactive ketones (excluding diaryl/α,β-unsaturated/α-hetero) is 1. The van der Waals surface area contributed by atoms with Crippen molar-refractivity contribution >= 4 is 11.9 Å². The highest BCUT2D eigenvalue weighted by Gasteiger charge is 2.07. The Labute approximate surface area is 119 Å².